The third-order valence-corrected chi connectivity index (χ3v) is 3.13. The quantitative estimate of drug-likeness (QED) is 0.858. The average molecular weight is 297 g/mol. The normalized spacial score (nSPS) is 10.8. The topological polar surface area (TPSA) is 52.7 Å². The van der Waals surface area contributed by atoms with Gasteiger partial charge < -0.3 is 0 Å². The first-order chi connectivity index (χ1) is 8.08. The van der Waals surface area contributed by atoms with E-state index in [9.17, 15) is 4.79 Å². The highest BCUT2D eigenvalue weighted by molar-refractivity contribution is 9.10. The molecule has 0 fully saturated rings. The van der Waals surface area contributed by atoms with Crippen LogP contribution in [0.15, 0.2) is 27.9 Å². The Balaban J connectivity index is 2.19. The molecule has 2 heterocycles. The molecule has 2 aromatic rings. The Kier molecular flexibility index (Phi) is 3.42. The summed E-state index contributed by atoms with van der Waals surface area (Å²) in [5.41, 5.74) is 1.07. The SMILES string of the molecule is Cc1ncc(Br)c(=O)n1CCc1cnn(C)c1. The van der Waals surface area contributed by atoms with Crippen molar-refractivity contribution in [2.24, 2.45) is 7.05 Å². The molecule has 0 atom stereocenters. The zero-order chi connectivity index (χ0) is 12.4. The van der Waals surface area contributed by atoms with Gasteiger partial charge >= 0.3 is 0 Å². The molecule has 0 bridgehead atoms. The van der Waals surface area contributed by atoms with Crippen molar-refractivity contribution < 1.29 is 0 Å². The van der Waals surface area contributed by atoms with Gasteiger partial charge in [0.2, 0.25) is 0 Å². The zero-order valence-electron chi connectivity index (χ0n) is 9.72. The lowest BCUT2D eigenvalue weighted by Crippen LogP contribution is -2.24. The Bertz CT molecular complexity index is 587. The van der Waals surface area contributed by atoms with Crippen LogP contribution < -0.4 is 5.56 Å². The molecule has 17 heavy (non-hydrogen) atoms. The molecule has 0 spiro atoms. The summed E-state index contributed by atoms with van der Waals surface area (Å²) < 4.78 is 3.91. The van der Waals surface area contributed by atoms with Gasteiger partial charge in [-0.15, -0.1) is 0 Å². The van der Waals surface area contributed by atoms with Crippen LogP contribution in [0.5, 0.6) is 0 Å². The van der Waals surface area contributed by atoms with Crippen LogP contribution in [0.1, 0.15) is 11.4 Å². The first kappa shape index (κ1) is 12.0. The number of aromatic nitrogens is 4. The summed E-state index contributed by atoms with van der Waals surface area (Å²) in [5.74, 6) is 0.724. The van der Waals surface area contributed by atoms with E-state index in [0.717, 1.165) is 17.8 Å². The molecule has 2 rings (SSSR count). The highest BCUT2D eigenvalue weighted by Gasteiger charge is 2.06. The predicted molar refractivity (Wildman–Crippen MR) is 67.8 cm³/mol. The van der Waals surface area contributed by atoms with Crippen LogP contribution in [0.3, 0.4) is 0 Å². The summed E-state index contributed by atoms with van der Waals surface area (Å²) in [7, 11) is 1.88. The van der Waals surface area contributed by atoms with Gasteiger partial charge in [0.05, 0.1) is 6.20 Å². The summed E-state index contributed by atoms with van der Waals surface area (Å²) >= 11 is 3.20. The van der Waals surface area contributed by atoms with Crippen molar-refractivity contribution in [3.8, 4) is 0 Å². The van der Waals surface area contributed by atoms with Gasteiger partial charge in [-0.3, -0.25) is 14.0 Å². The van der Waals surface area contributed by atoms with Gasteiger partial charge in [-0.25, -0.2) is 4.98 Å². The molecule has 90 valence electrons. The monoisotopic (exact) mass is 296 g/mol. The van der Waals surface area contributed by atoms with Gasteiger partial charge in [0.1, 0.15) is 10.3 Å². The van der Waals surface area contributed by atoms with Crippen LogP contribution in [0.2, 0.25) is 0 Å². The van der Waals surface area contributed by atoms with E-state index in [1.807, 2.05) is 26.4 Å². The van der Waals surface area contributed by atoms with Crippen molar-refractivity contribution in [3.05, 3.63) is 44.8 Å². The van der Waals surface area contributed by atoms with Crippen molar-refractivity contribution in [2.45, 2.75) is 19.9 Å². The maximum absolute atomic E-state index is 11.9. The second-order valence-corrected chi connectivity index (χ2v) is 4.74. The van der Waals surface area contributed by atoms with Gasteiger partial charge in [0.15, 0.2) is 0 Å². The molecule has 5 nitrogen and oxygen atoms in total. The number of aryl methyl sites for hydroxylation is 3. The molecule has 0 radical (unpaired) electrons. The fraction of sp³-hybridized carbons (Fsp3) is 0.364. The van der Waals surface area contributed by atoms with Crippen molar-refractivity contribution in [3.63, 3.8) is 0 Å². The minimum absolute atomic E-state index is 0.0404. The largest absolute Gasteiger partial charge is 0.296 e. The highest BCUT2D eigenvalue weighted by Crippen LogP contribution is 2.04. The fourth-order valence-corrected chi connectivity index (χ4v) is 1.97. The van der Waals surface area contributed by atoms with Crippen molar-refractivity contribution >= 4 is 15.9 Å². The first-order valence-electron chi connectivity index (χ1n) is 5.27. The third kappa shape index (κ3) is 2.63. The summed E-state index contributed by atoms with van der Waals surface area (Å²) in [4.78, 5) is 16.0. The Morgan fingerprint density at radius 3 is 2.82 bits per heavy atom. The lowest BCUT2D eigenvalue weighted by Gasteiger charge is -2.08. The first-order valence-corrected chi connectivity index (χ1v) is 6.06. The standard InChI is InChI=1S/C11H13BrN4O/c1-8-13-6-10(12)11(17)16(8)4-3-9-5-14-15(2)7-9/h5-7H,3-4H2,1-2H3. The van der Waals surface area contributed by atoms with E-state index in [1.54, 1.807) is 9.25 Å². The van der Waals surface area contributed by atoms with Crippen LogP contribution >= 0.6 is 15.9 Å². The number of hydrogen-bond donors (Lipinski definition) is 0. The molecular formula is C11H13BrN4O. The van der Waals surface area contributed by atoms with E-state index in [1.165, 1.54) is 6.20 Å². The third-order valence-electron chi connectivity index (χ3n) is 2.59. The minimum Gasteiger partial charge on any atom is -0.296 e. The molecule has 0 aromatic carbocycles. The van der Waals surface area contributed by atoms with Crippen LogP contribution in [-0.4, -0.2) is 19.3 Å². The van der Waals surface area contributed by atoms with E-state index in [4.69, 9.17) is 0 Å². The van der Waals surface area contributed by atoms with Gasteiger partial charge in [0, 0.05) is 26.0 Å². The van der Waals surface area contributed by atoms with Crippen LogP contribution in [-0.2, 0) is 20.0 Å². The van der Waals surface area contributed by atoms with Crippen molar-refractivity contribution in [1.82, 2.24) is 19.3 Å². The predicted octanol–water partition coefficient (Wildman–Crippen LogP) is 1.29. The molecule has 0 unspecified atom stereocenters. The van der Waals surface area contributed by atoms with Gasteiger partial charge in [-0.05, 0) is 34.8 Å². The van der Waals surface area contributed by atoms with Gasteiger partial charge in [-0.2, -0.15) is 5.10 Å². The van der Waals surface area contributed by atoms with Crippen LogP contribution in [0.25, 0.3) is 0 Å². The second-order valence-electron chi connectivity index (χ2n) is 3.88. The maximum Gasteiger partial charge on any atom is 0.267 e. The molecule has 0 amide bonds. The Morgan fingerprint density at radius 2 is 2.18 bits per heavy atom. The van der Waals surface area contributed by atoms with E-state index >= 15 is 0 Å². The Morgan fingerprint density at radius 1 is 1.41 bits per heavy atom. The van der Waals surface area contributed by atoms with E-state index in [2.05, 4.69) is 26.0 Å². The molecule has 0 aliphatic heterocycles. The van der Waals surface area contributed by atoms with Gasteiger partial charge in [-0.1, -0.05) is 0 Å². The Hall–Kier alpha value is -1.43. The molecule has 0 N–H and O–H groups in total. The summed E-state index contributed by atoms with van der Waals surface area (Å²) in [6, 6.07) is 0. The van der Waals surface area contributed by atoms with E-state index < -0.39 is 0 Å². The summed E-state index contributed by atoms with van der Waals surface area (Å²) in [6.07, 6.45) is 6.07. The van der Waals surface area contributed by atoms with E-state index in [-0.39, 0.29) is 5.56 Å². The molecule has 0 saturated heterocycles. The number of nitrogens with zero attached hydrogens (tertiary/aromatic N) is 4. The van der Waals surface area contributed by atoms with E-state index in [0.29, 0.717) is 11.0 Å². The Labute approximate surface area is 107 Å². The molecule has 0 aliphatic rings. The molecule has 2 aromatic heterocycles. The number of rotatable bonds is 3. The van der Waals surface area contributed by atoms with Crippen molar-refractivity contribution in [1.29, 1.82) is 0 Å². The van der Waals surface area contributed by atoms with Gasteiger partial charge in [0.25, 0.3) is 5.56 Å². The number of hydrogen-bond acceptors (Lipinski definition) is 3. The van der Waals surface area contributed by atoms with Crippen LogP contribution in [0, 0.1) is 6.92 Å². The minimum atomic E-state index is -0.0404. The average Bonchev–Trinajstić information content (AvgIpc) is 2.70. The second kappa shape index (κ2) is 4.83. The zero-order valence-corrected chi connectivity index (χ0v) is 11.3. The maximum atomic E-state index is 11.9. The number of halogens is 1. The molecule has 6 heteroatoms. The summed E-state index contributed by atoms with van der Waals surface area (Å²) in [6.45, 7) is 2.44. The smallest absolute Gasteiger partial charge is 0.267 e. The van der Waals surface area contributed by atoms with Crippen LogP contribution in [0.4, 0.5) is 0 Å². The summed E-state index contributed by atoms with van der Waals surface area (Å²) in [5, 5.41) is 4.10. The highest BCUT2D eigenvalue weighted by atomic mass is 79.9. The fourth-order valence-electron chi connectivity index (χ4n) is 1.66. The van der Waals surface area contributed by atoms with Crippen molar-refractivity contribution in [2.75, 3.05) is 0 Å². The lowest BCUT2D eigenvalue weighted by atomic mass is 10.2. The molecule has 0 aliphatic carbocycles. The molecular weight excluding hydrogens is 284 g/mol. The molecule has 0 saturated carbocycles. The lowest BCUT2D eigenvalue weighted by molar-refractivity contribution is 0.626.